The monoisotopic (exact) mass is 581 g/mol. The van der Waals surface area contributed by atoms with Crippen molar-refractivity contribution < 1.29 is 35.5 Å². The molecular weight excluding hydrogens is 562 g/mol. The van der Waals surface area contributed by atoms with Crippen LogP contribution in [0.15, 0.2) is 64.6 Å². The summed E-state index contributed by atoms with van der Waals surface area (Å²) in [6, 6.07) is 8.59. The molecule has 0 saturated carbocycles. The molecule has 16 heteroatoms. The van der Waals surface area contributed by atoms with E-state index in [4.69, 9.17) is 11.8 Å². The van der Waals surface area contributed by atoms with Gasteiger partial charge in [0.15, 0.2) is 0 Å². The Hall–Kier alpha value is -3.89. The first-order valence-electron chi connectivity index (χ1n) is 10.5. The molecule has 0 atom stereocenters. The lowest BCUT2D eigenvalue weighted by molar-refractivity contribution is 0.101. The van der Waals surface area contributed by atoms with E-state index in [0.29, 0.717) is 5.69 Å². The van der Waals surface area contributed by atoms with E-state index in [1.54, 1.807) is 17.8 Å². The van der Waals surface area contributed by atoms with Gasteiger partial charge in [0.2, 0.25) is 0 Å². The third-order valence-electron chi connectivity index (χ3n) is 5.60. The van der Waals surface area contributed by atoms with Gasteiger partial charge in [0, 0.05) is 49.0 Å². The number of anilines is 3. The van der Waals surface area contributed by atoms with E-state index in [9.17, 15) is 35.5 Å². The molecule has 2 heterocycles. The summed E-state index contributed by atoms with van der Waals surface area (Å²) in [4.78, 5) is 26.8. The highest BCUT2D eigenvalue weighted by Crippen LogP contribution is 2.34. The molecule has 0 aliphatic carbocycles. The van der Waals surface area contributed by atoms with Crippen LogP contribution in [0.2, 0.25) is 0 Å². The van der Waals surface area contributed by atoms with Crippen LogP contribution in [0, 0.1) is 0 Å². The van der Waals surface area contributed by atoms with Crippen molar-refractivity contribution >= 4 is 71.7 Å². The summed E-state index contributed by atoms with van der Waals surface area (Å²) in [5, 5.41) is 4.62. The van der Waals surface area contributed by atoms with Crippen molar-refractivity contribution in [1.82, 2.24) is 9.13 Å². The molecule has 0 aliphatic heterocycles. The summed E-state index contributed by atoms with van der Waals surface area (Å²) >= 11 is 5.57. The zero-order chi connectivity index (χ0) is 28.0. The highest BCUT2D eigenvalue weighted by atomic mass is 35.5. The Balaban J connectivity index is 1.68. The lowest BCUT2D eigenvalue weighted by Gasteiger charge is -2.13. The van der Waals surface area contributed by atoms with Crippen LogP contribution in [0.1, 0.15) is 21.0 Å². The minimum absolute atomic E-state index is 0.0170. The Morgan fingerprint density at radius 1 is 0.789 bits per heavy atom. The largest absolute Gasteiger partial charge is 0.344 e. The van der Waals surface area contributed by atoms with Gasteiger partial charge in [0.05, 0.1) is 17.1 Å². The molecular formula is C22H20ClN5O8S2. The number of carbonyl (C=O) groups excluding carboxylic acids is 2. The molecule has 0 aliphatic rings. The fraction of sp³-hybridized carbons (Fsp3) is 0.0909. The molecule has 200 valence electrons. The van der Waals surface area contributed by atoms with E-state index in [1.807, 2.05) is 0 Å². The zero-order valence-corrected chi connectivity index (χ0v) is 22.0. The number of hydrogen-bond donors (Lipinski definition) is 5. The van der Waals surface area contributed by atoms with Gasteiger partial charge in [-0.3, -0.25) is 23.5 Å². The predicted octanol–water partition coefficient (Wildman–Crippen LogP) is 3.08. The highest BCUT2D eigenvalue weighted by Gasteiger charge is 2.25. The van der Waals surface area contributed by atoms with Gasteiger partial charge in [-0.05, 0) is 24.3 Å². The number of nitrogens with one attached hydrogen (secondary N) is 3. The number of rotatable bonds is 7. The molecule has 0 fully saturated rings. The number of amides is 2. The molecule has 5 N–H and O–H groups in total. The first-order chi connectivity index (χ1) is 17.7. The number of hydrogen-bond acceptors (Lipinski definition) is 7. The van der Waals surface area contributed by atoms with E-state index >= 15 is 0 Å². The maximum atomic E-state index is 13.1. The summed E-state index contributed by atoms with van der Waals surface area (Å²) in [7, 11) is -6.53. The van der Waals surface area contributed by atoms with Crippen LogP contribution in [0.25, 0.3) is 10.8 Å². The van der Waals surface area contributed by atoms with Gasteiger partial charge >= 0.3 is 0 Å². The van der Waals surface area contributed by atoms with E-state index in [0.717, 1.165) is 12.1 Å². The maximum absolute atomic E-state index is 13.1. The Kier molecular flexibility index (Phi) is 6.98. The van der Waals surface area contributed by atoms with E-state index in [-0.39, 0.29) is 33.5 Å². The van der Waals surface area contributed by atoms with E-state index in [1.165, 1.54) is 48.1 Å². The lowest BCUT2D eigenvalue weighted by atomic mass is 10.1. The second-order valence-corrected chi connectivity index (χ2v) is 11.1. The summed E-state index contributed by atoms with van der Waals surface area (Å²) in [5.74, 6) is -1.28. The van der Waals surface area contributed by atoms with Crippen LogP contribution in [0.3, 0.4) is 0 Å². The van der Waals surface area contributed by atoms with Gasteiger partial charge < -0.3 is 19.8 Å². The number of nitrogens with zero attached hydrogens (tertiary/aromatic N) is 2. The fourth-order valence-corrected chi connectivity index (χ4v) is 5.65. The molecule has 0 bridgehead atoms. The third kappa shape index (κ3) is 5.23. The van der Waals surface area contributed by atoms with E-state index < -0.39 is 41.8 Å². The smallest absolute Gasteiger partial charge is 0.297 e. The molecule has 2 aromatic carbocycles. The maximum Gasteiger partial charge on any atom is 0.297 e. The summed E-state index contributed by atoms with van der Waals surface area (Å²) < 4.78 is 70.3. The molecule has 0 unspecified atom stereocenters. The average Bonchev–Trinajstić information content (AvgIpc) is 3.38. The summed E-state index contributed by atoms with van der Waals surface area (Å²) in [5.41, 5.74) is 0.718. The molecule has 4 rings (SSSR count). The van der Waals surface area contributed by atoms with Crippen LogP contribution in [0.4, 0.5) is 17.1 Å². The normalized spacial score (nSPS) is 11.9. The quantitative estimate of drug-likeness (QED) is 0.161. The molecule has 0 radical (unpaired) electrons. The third-order valence-corrected chi connectivity index (χ3v) is 7.68. The number of aryl methyl sites for hydroxylation is 2. The molecule has 38 heavy (non-hydrogen) atoms. The van der Waals surface area contributed by atoms with Gasteiger partial charge in [-0.25, -0.2) is 0 Å². The molecule has 0 spiro atoms. The molecule has 2 aromatic heterocycles. The fourth-order valence-electron chi connectivity index (χ4n) is 3.98. The van der Waals surface area contributed by atoms with Crippen molar-refractivity contribution in [1.29, 1.82) is 0 Å². The topological polar surface area (TPSA) is 189 Å². The molecule has 4 aromatic rings. The standard InChI is InChI=1S/C22H20ClN5O8S2/c1-27-10-12(24-21(29)18-9-13(26-23)11-28(18)2)8-17(27)22(30)25-16-7-6-14-15(20(16)38(34,35)36)4-3-5-19(14)37(31,32)33/h3-11,26H,1-2H3,(H,24,29)(H,25,30)(H,31,32,33)(H,34,35,36). The van der Waals surface area contributed by atoms with Gasteiger partial charge in [-0.15, -0.1) is 0 Å². The Bertz CT molecular complexity index is 1830. The Labute approximate surface area is 221 Å². The first-order valence-corrected chi connectivity index (χ1v) is 13.8. The van der Waals surface area contributed by atoms with Crippen molar-refractivity contribution in [3.8, 4) is 0 Å². The molecule has 13 nitrogen and oxygen atoms in total. The van der Waals surface area contributed by atoms with Crippen molar-refractivity contribution in [2.45, 2.75) is 9.79 Å². The van der Waals surface area contributed by atoms with Gasteiger partial charge in [0.25, 0.3) is 32.1 Å². The van der Waals surface area contributed by atoms with Crippen molar-refractivity contribution in [3.63, 3.8) is 0 Å². The van der Waals surface area contributed by atoms with Crippen LogP contribution < -0.4 is 15.5 Å². The second kappa shape index (κ2) is 9.77. The zero-order valence-electron chi connectivity index (χ0n) is 19.6. The summed E-state index contributed by atoms with van der Waals surface area (Å²) in [6.07, 6.45) is 3.06. The minimum Gasteiger partial charge on any atom is -0.344 e. The average molecular weight is 582 g/mol. The van der Waals surface area contributed by atoms with Crippen LogP contribution >= 0.6 is 11.8 Å². The highest BCUT2D eigenvalue weighted by molar-refractivity contribution is 7.86. The first kappa shape index (κ1) is 27.2. The van der Waals surface area contributed by atoms with Crippen molar-refractivity contribution in [2.75, 3.05) is 15.5 Å². The SMILES string of the molecule is Cn1cc(NCl)cc1C(=O)Nc1cc(C(=O)Nc2ccc3c(S(=O)(=O)O)cccc3c2S(=O)(=O)O)n(C)c1. The number of benzene rings is 2. The lowest BCUT2D eigenvalue weighted by Crippen LogP contribution is -2.17. The van der Waals surface area contributed by atoms with Gasteiger partial charge in [-0.2, -0.15) is 16.8 Å². The van der Waals surface area contributed by atoms with Crippen molar-refractivity contribution in [2.24, 2.45) is 14.1 Å². The second-order valence-electron chi connectivity index (χ2n) is 8.20. The predicted molar refractivity (Wildman–Crippen MR) is 140 cm³/mol. The Morgan fingerprint density at radius 2 is 1.37 bits per heavy atom. The van der Waals surface area contributed by atoms with Crippen LogP contribution in [-0.2, 0) is 34.3 Å². The van der Waals surface area contributed by atoms with Crippen molar-refractivity contribution in [3.05, 3.63) is 66.2 Å². The number of halogens is 1. The van der Waals surface area contributed by atoms with Gasteiger partial charge in [-0.1, -0.05) is 18.2 Å². The van der Waals surface area contributed by atoms with Crippen LogP contribution in [0.5, 0.6) is 0 Å². The number of aromatic nitrogens is 2. The summed E-state index contributed by atoms with van der Waals surface area (Å²) in [6.45, 7) is 0. The van der Waals surface area contributed by atoms with E-state index in [2.05, 4.69) is 15.5 Å². The molecule has 0 saturated heterocycles. The minimum atomic E-state index is -4.98. The van der Waals surface area contributed by atoms with Crippen LogP contribution in [-0.4, -0.2) is 46.9 Å². The molecule has 2 amide bonds. The number of fused-ring (bicyclic) bond motifs is 1. The van der Waals surface area contributed by atoms with Gasteiger partial charge in [0.1, 0.15) is 21.2 Å². The Morgan fingerprint density at radius 3 is 1.92 bits per heavy atom. The number of carbonyl (C=O) groups is 2.